The van der Waals surface area contributed by atoms with E-state index in [0.29, 0.717) is 35.7 Å². The standard InChI is InChI=1S/C22H26BrN3O3S/c1-3-5-11-24-20(27)15-7-6-8-17(13-15)25-22(30)26-21(28)18-14-16(23)9-10-19(18)29-12-4-2/h6-10,13-14H,3-5,11-12H2,1-2H3,(H,24,27)(H2,25,26,28,30). The first-order valence-corrected chi connectivity index (χ1v) is 11.1. The maximum atomic E-state index is 12.7. The largest absolute Gasteiger partial charge is 0.493 e. The molecular weight excluding hydrogens is 466 g/mol. The van der Waals surface area contributed by atoms with Crippen molar-refractivity contribution in [1.29, 1.82) is 0 Å². The SMILES string of the molecule is CCCCNC(=O)c1cccc(NC(=S)NC(=O)c2cc(Br)ccc2OCCC)c1. The van der Waals surface area contributed by atoms with Crippen LogP contribution >= 0.6 is 28.1 Å². The van der Waals surface area contributed by atoms with Crippen molar-refractivity contribution in [2.24, 2.45) is 0 Å². The molecule has 0 unspecified atom stereocenters. The molecule has 0 aromatic heterocycles. The van der Waals surface area contributed by atoms with Crippen molar-refractivity contribution in [3.05, 3.63) is 58.1 Å². The maximum absolute atomic E-state index is 12.7. The summed E-state index contributed by atoms with van der Waals surface area (Å²) in [5.41, 5.74) is 1.51. The van der Waals surface area contributed by atoms with Crippen LogP contribution in [0, 0.1) is 0 Å². The van der Waals surface area contributed by atoms with Crippen LogP contribution in [-0.2, 0) is 0 Å². The van der Waals surface area contributed by atoms with Gasteiger partial charge in [0.25, 0.3) is 11.8 Å². The van der Waals surface area contributed by atoms with Gasteiger partial charge in [-0.05, 0) is 61.5 Å². The molecular formula is C22H26BrN3O3S. The molecule has 0 saturated heterocycles. The van der Waals surface area contributed by atoms with Crippen LogP contribution in [0.3, 0.4) is 0 Å². The highest BCUT2D eigenvalue weighted by molar-refractivity contribution is 9.10. The Morgan fingerprint density at radius 1 is 1.07 bits per heavy atom. The topological polar surface area (TPSA) is 79.5 Å². The Bertz CT molecular complexity index is 905. The van der Waals surface area contributed by atoms with Gasteiger partial charge in [-0.1, -0.05) is 42.3 Å². The molecule has 2 aromatic rings. The first-order valence-electron chi connectivity index (χ1n) is 9.87. The van der Waals surface area contributed by atoms with E-state index in [9.17, 15) is 9.59 Å². The molecule has 0 aliphatic carbocycles. The van der Waals surface area contributed by atoms with E-state index in [2.05, 4.69) is 38.8 Å². The van der Waals surface area contributed by atoms with Crippen molar-refractivity contribution >= 4 is 50.8 Å². The fraction of sp³-hybridized carbons (Fsp3) is 0.318. The number of unbranched alkanes of at least 4 members (excludes halogenated alkanes) is 1. The average molecular weight is 492 g/mol. The lowest BCUT2D eigenvalue weighted by Crippen LogP contribution is -2.34. The van der Waals surface area contributed by atoms with Crippen molar-refractivity contribution in [2.75, 3.05) is 18.5 Å². The summed E-state index contributed by atoms with van der Waals surface area (Å²) in [6.07, 6.45) is 2.78. The lowest BCUT2D eigenvalue weighted by molar-refractivity contribution is 0.0950. The van der Waals surface area contributed by atoms with E-state index in [1.807, 2.05) is 13.0 Å². The molecule has 0 bridgehead atoms. The summed E-state index contributed by atoms with van der Waals surface area (Å²) in [6.45, 7) is 5.21. The van der Waals surface area contributed by atoms with Gasteiger partial charge in [0.05, 0.1) is 12.2 Å². The molecule has 0 aliphatic rings. The Morgan fingerprint density at radius 2 is 1.87 bits per heavy atom. The highest BCUT2D eigenvalue weighted by atomic mass is 79.9. The van der Waals surface area contributed by atoms with Gasteiger partial charge in [-0.15, -0.1) is 0 Å². The molecule has 0 radical (unpaired) electrons. The van der Waals surface area contributed by atoms with E-state index in [1.165, 1.54) is 0 Å². The Morgan fingerprint density at radius 3 is 2.60 bits per heavy atom. The molecule has 0 spiro atoms. The molecule has 0 atom stereocenters. The van der Waals surface area contributed by atoms with E-state index in [-0.39, 0.29) is 16.9 Å². The number of thiocarbonyl (C=S) groups is 1. The van der Waals surface area contributed by atoms with E-state index in [1.54, 1.807) is 36.4 Å². The predicted molar refractivity (Wildman–Crippen MR) is 127 cm³/mol. The molecule has 30 heavy (non-hydrogen) atoms. The minimum absolute atomic E-state index is 0.130. The number of rotatable bonds is 9. The number of halogens is 1. The van der Waals surface area contributed by atoms with Gasteiger partial charge in [-0.25, -0.2) is 0 Å². The first-order chi connectivity index (χ1) is 14.4. The van der Waals surface area contributed by atoms with Crippen LogP contribution < -0.4 is 20.7 Å². The van der Waals surface area contributed by atoms with Crippen LogP contribution in [-0.4, -0.2) is 30.1 Å². The number of amides is 2. The van der Waals surface area contributed by atoms with Gasteiger partial charge in [0, 0.05) is 22.3 Å². The van der Waals surface area contributed by atoms with Gasteiger partial charge < -0.3 is 15.4 Å². The normalized spacial score (nSPS) is 10.2. The van der Waals surface area contributed by atoms with Gasteiger partial charge in [0.1, 0.15) is 5.75 Å². The molecule has 0 aliphatic heterocycles. The first kappa shape index (κ1) is 23.8. The van der Waals surface area contributed by atoms with Crippen LogP contribution in [0.2, 0.25) is 0 Å². The molecule has 2 aromatic carbocycles. The summed E-state index contributed by atoms with van der Waals surface area (Å²) in [7, 11) is 0. The zero-order chi connectivity index (χ0) is 21.9. The summed E-state index contributed by atoms with van der Waals surface area (Å²) in [4.78, 5) is 24.9. The Kier molecular flexibility index (Phi) is 9.76. The third-order valence-electron chi connectivity index (χ3n) is 4.07. The highest BCUT2D eigenvalue weighted by Crippen LogP contribution is 2.23. The van der Waals surface area contributed by atoms with Gasteiger partial charge in [-0.3, -0.25) is 14.9 Å². The number of nitrogens with one attached hydrogen (secondary N) is 3. The minimum Gasteiger partial charge on any atom is -0.493 e. The Balaban J connectivity index is 2.02. The van der Waals surface area contributed by atoms with Gasteiger partial charge >= 0.3 is 0 Å². The summed E-state index contributed by atoms with van der Waals surface area (Å²) >= 11 is 8.65. The van der Waals surface area contributed by atoms with Crippen molar-refractivity contribution < 1.29 is 14.3 Å². The highest BCUT2D eigenvalue weighted by Gasteiger charge is 2.15. The van der Waals surface area contributed by atoms with Crippen LogP contribution in [0.5, 0.6) is 5.75 Å². The molecule has 6 nitrogen and oxygen atoms in total. The number of hydrogen-bond acceptors (Lipinski definition) is 4. The molecule has 2 rings (SSSR count). The summed E-state index contributed by atoms with van der Waals surface area (Å²) in [5, 5.41) is 8.61. The monoisotopic (exact) mass is 491 g/mol. The third-order valence-corrected chi connectivity index (χ3v) is 4.77. The second-order valence-corrected chi connectivity index (χ2v) is 7.91. The number of benzene rings is 2. The average Bonchev–Trinajstić information content (AvgIpc) is 2.73. The van der Waals surface area contributed by atoms with E-state index < -0.39 is 0 Å². The minimum atomic E-state index is -0.381. The second kappa shape index (κ2) is 12.3. The Hall–Kier alpha value is -2.45. The van der Waals surface area contributed by atoms with E-state index in [4.69, 9.17) is 17.0 Å². The van der Waals surface area contributed by atoms with Crippen molar-refractivity contribution in [1.82, 2.24) is 10.6 Å². The zero-order valence-corrected chi connectivity index (χ0v) is 19.5. The number of ether oxygens (including phenoxy) is 1. The Labute approximate surface area is 190 Å². The number of carbonyl (C=O) groups excluding carboxylic acids is 2. The lowest BCUT2D eigenvalue weighted by Gasteiger charge is -2.14. The molecule has 2 amide bonds. The van der Waals surface area contributed by atoms with Crippen molar-refractivity contribution in [3.8, 4) is 5.75 Å². The third kappa shape index (κ3) is 7.42. The van der Waals surface area contributed by atoms with Gasteiger partial charge in [0.15, 0.2) is 5.11 Å². The number of hydrogen-bond donors (Lipinski definition) is 3. The molecule has 8 heteroatoms. The van der Waals surface area contributed by atoms with Crippen LogP contribution in [0.4, 0.5) is 5.69 Å². The van der Waals surface area contributed by atoms with E-state index >= 15 is 0 Å². The number of carbonyl (C=O) groups is 2. The predicted octanol–water partition coefficient (Wildman–Crippen LogP) is 4.89. The van der Waals surface area contributed by atoms with E-state index in [0.717, 1.165) is 23.7 Å². The smallest absolute Gasteiger partial charge is 0.261 e. The molecule has 0 saturated carbocycles. The van der Waals surface area contributed by atoms with Gasteiger partial charge in [-0.2, -0.15) is 0 Å². The summed E-state index contributed by atoms with van der Waals surface area (Å²) in [5.74, 6) is -0.0339. The van der Waals surface area contributed by atoms with Crippen LogP contribution in [0.1, 0.15) is 53.8 Å². The fourth-order valence-corrected chi connectivity index (χ4v) is 3.14. The van der Waals surface area contributed by atoms with Crippen molar-refractivity contribution in [3.63, 3.8) is 0 Å². The maximum Gasteiger partial charge on any atom is 0.261 e. The molecule has 0 heterocycles. The van der Waals surface area contributed by atoms with Crippen LogP contribution in [0.25, 0.3) is 0 Å². The molecule has 3 N–H and O–H groups in total. The molecule has 0 fully saturated rings. The second-order valence-electron chi connectivity index (χ2n) is 6.59. The summed E-state index contributed by atoms with van der Waals surface area (Å²) < 4.78 is 6.42. The molecule has 160 valence electrons. The summed E-state index contributed by atoms with van der Waals surface area (Å²) in [6, 6.07) is 12.2. The van der Waals surface area contributed by atoms with Gasteiger partial charge in [0.2, 0.25) is 0 Å². The quantitative estimate of drug-likeness (QED) is 0.343. The zero-order valence-electron chi connectivity index (χ0n) is 17.1. The van der Waals surface area contributed by atoms with Crippen LogP contribution in [0.15, 0.2) is 46.9 Å². The fourth-order valence-electron chi connectivity index (χ4n) is 2.57. The number of anilines is 1. The van der Waals surface area contributed by atoms with Crippen molar-refractivity contribution in [2.45, 2.75) is 33.1 Å². The lowest BCUT2D eigenvalue weighted by atomic mass is 10.2.